The molecular weight excluding hydrogens is 176 g/mol. The first-order chi connectivity index (χ1) is 6.71. The number of hydrogen-bond acceptors (Lipinski definition) is 3. The number of nitrogens with two attached hydrogens (primary N) is 1. The van der Waals surface area contributed by atoms with Gasteiger partial charge in [-0.2, -0.15) is 0 Å². The summed E-state index contributed by atoms with van der Waals surface area (Å²) in [6, 6.07) is 10.1. The molecule has 0 aromatic heterocycles. The number of hydrogen-bond donors (Lipinski definition) is 1. The summed E-state index contributed by atoms with van der Waals surface area (Å²) < 4.78 is 5.40. The molecule has 1 aliphatic rings. The maximum atomic E-state index is 5.67. The van der Waals surface area contributed by atoms with Crippen molar-refractivity contribution in [1.29, 1.82) is 0 Å². The summed E-state index contributed by atoms with van der Waals surface area (Å²) in [5, 5.41) is 0. The maximum Gasteiger partial charge on any atom is 0.121 e. The molecule has 14 heavy (non-hydrogen) atoms. The largest absolute Gasteiger partial charge is 0.386 e. The van der Waals surface area contributed by atoms with Crippen molar-refractivity contribution in [2.24, 2.45) is 10.7 Å². The van der Waals surface area contributed by atoms with Gasteiger partial charge in [0, 0.05) is 0 Å². The Bertz CT molecular complexity index is 348. The lowest BCUT2D eigenvalue weighted by Crippen LogP contribution is -2.37. The van der Waals surface area contributed by atoms with Crippen LogP contribution in [0.25, 0.3) is 0 Å². The molecule has 0 spiro atoms. The maximum absolute atomic E-state index is 5.67. The van der Waals surface area contributed by atoms with Gasteiger partial charge in [-0.25, -0.2) is 0 Å². The minimum absolute atomic E-state index is 0.316. The van der Waals surface area contributed by atoms with Gasteiger partial charge in [0.15, 0.2) is 0 Å². The topological polar surface area (TPSA) is 47.6 Å². The van der Waals surface area contributed by atoms with E-state index in [0.29, 0.717) is 19.0 Å². The summed E-state index contributed by atoms with van der Waals surface area (Å²) in [4.78, 5) is 4.45. The molecule has 0 saturated carbocycles. The van der Waals surface area contributed by atoms with Crippen LogP contribution in [0, 0.1) is 0 Å². The van der Waals surface area contributed by atoms with Crippen LogP contribution in [0.1, 0.15) is 12.5 Å². The standard InChI is InChI=1S/C11H14N2O/c1-11(8-14-7-10(12)13-11)9-5-3-2-4-6-9/h2-6H,7-8H2,1H3,(H2,12,13). The molecule has 74 valence electrons. The van der Waals surface area contributed by atoms with Crippen molar-refractivity contribution in [3.8, 4) is 0 Å². The fourth-order valence-corrected chi connectivity index (χ4v) is 1.68. The SMILES string of the molecule is CC1(c2ccccc2)COCC(N)=N1. The third-order valence-electron chi connectivity index (χ3n) is 2.42. The molecule has 2 N–H and O–H groups in total. The first kappa shape index (κ1) is 9.21. The highest BCUT2D eigenvalue weighted by Crippen LogP contribution is 2.27. The van der Waals surface area contributed by atoms with Gasteiger partial charge < -0.3 is 10.5 Å². The molecule has 1 aliphatic heterocycles. The van der Waals surface area contributed by atoms with E-state index in [9.17, 15) is 0 Å². The van der Waals surface area contributed by atoms with Crippen LogP contribution >= 0.6 is 0 Å². The molecule has 0 aliphatic carbocycles. The van der Waals surface area contributed by atoms with Gasteiger partial charge in [0.1, 0.15) is 18.0 Å². The second kappa shape index (κ2) is 3.42. The number of nitrogens with zero attached hydrogens (tertiary/aromatic N) is 1. The van der Waals surface area contributed by atoms with Gasteiger partial charge in [0.25, 0.3) is 0 Å². The highest BCUT2D eigenvalue weighted by molar-refractivity contribution is 5.82. The van der Waals surface area contributed by atoms with Gasteiger partial charge >= 0.3 is 0 Å². The number of aliphatic imine (C=N–C) groups is 1. The highest BCUT2D eigenvalue weighted by atomic mass is 16.5. The van der Waals surface area contributed by atoms with Gasteiger partial charge in [-0.1, -0.05) is 30.3 Å². The number of ether oxygens (including phenoxy) is 1. The molecule has 1 aromatic rings. The van der Waals surface area contributed by atoms with E-state index in [0.717, 1.165) is 5.56 Å². The van der Waals surface area contributed by atoms with Gasteiger partial charge in [-0.3, -0.25) is 4.99 Å². The Morgan fingerprint density at radius 3 is 2.71 bits per heavy atom. The van der Waals surface area contributed by atoms with Crippen molar-refractivity contribution >= 4 is 5.84 Å². The average molecular weight is 190 g/mol. The summed E-state index contributed by atoms with van der Waals surface area (Å²) >= 11 is 0. The zero-order valence-electron chi connectivity index (χ0n) is 8.23. The quantitative estimate of drug-likeness (QED) is 0.725. The van der Waals surface area contributed by atoms with Crippen molar-refractivity contribution in [2.45, 2.75) is 12.5 Å². The van der Waals surface area contributed by atoms with E-state index in [2.05, 4.69) is 4.99 Å². The molecule has 1 unspecified atom stereocenters. The zero-order valence-corrected chi connectivity index (χ0v) is 8.23. The monoisotopic (exact) mass is 190 g/mol. The van der Waals surface area contributed by atoms with E-state index >= 15 is 0 Å². The number of benzene rings is 1. The number of rotatable bonds is 1. The van der Waals surface area contributed by atoms with E-state index in [-0.39, 0.29) is 5.54 Å². The molecule has 1 heterocycles. The Kier molecular flexibility index (Phi) is 2.25. The number of amidine groups is 1. The van der Waals surface area contributed by atoms with E-state index in [4.69, 9.17) is 10.5 Å². The van der Waals surface area contributed by atoms with E-state index in [1.165, 1.54) is 0 Å². The molecule has 0 saturated heterocycles. The van der Waals surface area contributed by atoms with Crippen molar-refractivity contribution in [1.82, 2.24) is 0 Å². The molecule has 3 nitrogen and oxygen atoms in total. The first-order valence-electron chi connectivity index (χ1n) is 4.68. The average Bonchev–Trinajstić information content (AvgIpc) is 2.19. The van der Waals surface area contributed by atoms with E-state index in [1.807, 2.05) is 37.3 Å². The third kappa shape index (κ3) is 1.63. The van der Waals surface area contributed by atoms with Crippen LogP contribution in [0.3, 0.4) is 0 Å². The van der Waals surface area contributed by atoms with Gasteiger partial charge in [0.05, 0.1) is 6.61 Å². The summed E-state index contributed by atoms with van der Waals surface area (Å²) in [5.41, 5.74) is 6.50. The van der Waals surface area contributed by atoms with Crippen molar-refractivity contribution in [2.75, 3.05) is 13.2 Å². The molecule has 1 aromatic carbocycles. The predicted octanol–water partition coefficient (Wildman–Crippen LogP) is 1.29. The molecule has 0 bridgehead atoms. The third-order valence-corrected chi connectivity index (χ3v) is 2.42. The van der Waals surface area contributed by atoms with Gasteiger partial charge in [-0.05, 0) is 12.5 Å². The van der Waals surface area contributed by atoms with Gasteiger partial charge in [-0.15, -0.1) is 0 Å². The van der Waals surface area contributed by atoms with Crippen LogP contribution in [0.4, 0.5) is 0 Å². The smallest absolute Gasteiger partial charge is 0.121 e. The van der Waals surface area contributed by atoms with Gasteiger partial charge in [0.2, 0.25) is 0 Å². The minimum Gasteiger partial charge on any atom is -0.386 e. The van der Waals surface area contributed by atoms with Crippen LogP contribution in [0.15, 0.2) is 35.3 Å². The highest BCUT2D eigenvalue weighted by Gasteiger charge is 2.29. The van der Waals surface area contributed by atoms with Crippen molar-refractivity contribution in [3.63, 3.8) is 0 Å². The van der Waals surface area contributed by atoms with Crippen LogP contribution in [0.5, 0.6) is 0 Å². The second-order valence-corrected chi connectivity index (χ2v) is 3.74. The summed E-state index contributed by atoms with van der Waals surface area (Å²) in [5.74, 6) is 0.572. The van der Waals surface area contributed by atoms with E-state index < -0.39 is 0 Å². The van der Waals surface area contributed by atoms with Crippen LogP contribution in [-0.2, 0) is 10.3 Å². The minimum atomic E-state index is -0.316. The fraction of sp³-hybridized carbons (Fsp3) is 0.364. The molecule has 0 radical (unpaired) electrons. The molecule has 3 heteroatoms. The molecule has 2 rings (SSSR count). The predicted molar refractivity (Wildman–Crippen MR) is 56.2 cm³/mol. The molecule has 0 amide bonds. The zero-order chi connectivity index (χ0) is 10.0. The Hall–Kier alpha value is -1.35. The van der Waals surface area contributed by atoms with E-state index in [1.54, 1.807) is 0 Å². The fourth-order valence-electron chi connectivity index (χ4n) is 1.68. The van der Waals surface area contributed by atoms with Crippen LogP contribution in [-0.4, -0.2) is 19.0 Å². The lowest BCUT2D eigenvalue weighted by molar-refractivity contribution is 0.106. The lowest BCUT2D eigenvalue weighted by Gasteiger charge is -2.29. The Morgan fingerprint density at radius 2 is 2.07 bits per heavy atom. The summed E-state index contributed by atoms with van der Waals surface area (Å²) in [6.07, 6.45) is 0. The summed E-state index contributed by atoms with van der Waals surface area (Å²) in [6.45, 7) is 3.08. The van der Waals surface area contributed by atoms with Crippen LogP contribution < -0.4 is 5.73 Å². The first-order valence-corrected chi connectivity index (χ1v) is 4.68. The Labute approximate surface area is 83.6 Å². The second-order valence-electron chi connectivity index (χ2n) is 3.74. The van der Waals surface area contributed by atoms with Crippen molar-refractivity contribution in [3.05, 3.63) is 35.9 Å². The molecular formula is C11H14N2O. The lowest BCUT2D eigenvalue weighted by atomic mass is 9.93. The molecule has 1 atom stereocenters. The van der Waals surface area contributed by atoms with Crippen LogP contribution in [0.2, 0.25) is 0 Å². The Morgan fingerprint density at radius 1 is 1.36 bits per heavy atom. The normalized spacial score (nSPS) is 27.1. The molecule has 0 fully saturated rings. The Balaban J connectivity index is 2.37. The summed E-state index contributed by atoms with van der Waals surface area (Å²) in [7, 11) is 0. The van der Waals surface area contributed by atoms with Crippen molar-refractivity contribution < 1.29 is 4.74 Å².